The van der Waals surface area contributed by atoms with Crippen molar-refractivity contribution in [1.82, 2.24) is 0 Å². The first kappa shape index (κ1) is 13.6. The number of ketones is 1. The maximum Gasteiger partial charge on any atom is 0.140 e. The third-order valence-electron chi connectivity index (χ3n) is 2.65. The van der Waals surface area contributed by atoms with Gasteiger partial charge in [-0.05, 0) is 18.8 Å². The highest BCUT2D eigenvalue weighted by molar-refractivity contribution is 5.83. The van der Waals surface area contributed by atoms with Gasteiger partial charge in [-0.15, -0.1) is 0 Å². The Morgan fingerprint density at radius 3 is 2.21 bits per heavy atom. The summed E-state index contributed by atoms with van der Waals surface area (Å²) in [6.07, 6.45) is 3.00. The second-order valence-corrected chi connectivity index (χ2v) is 4.65. The first-order valence-electron chi connectivity index (χ1n) is 5.76. The van der Waals surface area contributed by atoms with Crippen molar-refractivity contribution in [1.29, 1.82) is 0 Å². The van der Waals surface area contributed by atoms with Gasteiger partial charge in [0.1, 0.15) is 5.78 Å². The maximum atomic E-state index is 11.9. The van der Waals surface area contributed by atoms with Crippen molar-refractivity contribution >= 4 is 5.78 Å². The summed E-state index contributed by atoms with van der Waals surface area (Å²) in [6, 6.07) is 0. The van der Waals surface area contributed by atoms with Crippen LogP contribution >= 0.6 is 0 Å². The van der Waals surface area contributed by atoms with E-state index in [1.807, 2.05) is 6.92 Å². The molecule has 0 rings (SSSR count). The van der Waals surface area contributed by atoms with Gasteiger partial charge in [-0.1, -0.05) is 34.1 Å². The Morgan fingerprint density at radius 2 is 1.86 bits per heavy atom. The number of nitrogens with two attached hydrogens (primary N) is 1. The smallest absolute Gasteiger partial charge is 0.140 e. The molecule has 0 radical (unpaired) electrons. The van der Waals surface area contributed by atoms with Gasteiger partial charge in [-0.2, -0.15) is 0 Å². The molecule has 0 aromatic heterocycles. The molecule has 2 unspecified atom stereocenters. The highest BCUT2D eigenvalue weighted by atomic mass is 16.1. The standard InChI is InChI=1S/C12H25NO/c1-5-6-10(4)12(14)11(8-13)7-9(2)3/h9-11H,5-8,13H2,1-4H3. The Hall–Kier alpha value is -0.370. The van der Waals surface area contributed by atoms with Gasteiger partial charge >= 0.3 is 0 Å². The fourth-order valence-electron chi connectivity index (χ4n) is 1.88. The minimum absolute atomic E-state index is 0.0801. The summed E-state index contributed by atoms with van der Waals surface area (Å²) in [6.45, 7) is 8.92. The van der Waals surface area contributed by atoms with E-state index < -0.39 is 0 Å². The molecule has 0 saturated heterocycles. The topological polar surface area (TPSA) is 43.1 Å². The highest BCUT2D eigenvalue weighted by Crippen LogP contribution is 2.18. The molecule has 2 N–H and O–H groups in total. The lowest BCUT2D eigenvalue weighted by molar-refractivity contribution is -0.126. The van der Waals surface area contributed by atoms with Crippen LogP contribution in [0.25, 0.3) is 0 Å². The SMILES string of the molecule is CCCC(C)C(=O)C(CN)CC(C)C. The third-order valence-corrected chi connectivity index (χ3v) is 2.65. The molecule has 84 valence electrons. The lowest BCUT2D eigenvalue weighted by atomic mass is 9.86. The zero-order valence-corrected chi connectivity index (χ0v) is 10.0. The van der Waals surface area contributed by atoms with Gasteiger partial charge in [0.05, 0.1) is 0 Å². The summed E-state index contributed by atoms with van der Waals surface area (Å²) in [5.74, 6) is 1.19. The van der Waals surface area contributed by atoms with Crippen molar-refractivity contribution in [2.75, 3.05) is 6.54 Å². The number of hydrogen-bond donors (Lipinski definition) is 1. The molecule has 0 aromatic carbocycles. The van der Waals surface area contributed by atoms with E-state index in [1.54, 1.807) is 0 Å². The van der Waals surface area contributed by atoms with Gasteiger partial charge in [0.15, 0.2) is 0 Å². The lowest BCUT2D eigenvalue weighted by Crippen LogP contribution is -2.29. The van der Waals surface area contributed by atoms with E-state index in [4.69, 9.17) is 5.73 Å². The summed E-state index contributed by atoms with van der Waals surface area (Å²) in [5, 5.41) is 0. The molecular weight excluding hydrogens is 174 g/mol. The molecule has 0 aliphatic heterocycles. The summed E-state index contributed by atoms with van der Waals surface area (Å²) in [5.41, 5.74) is 5.64. The van der Waals surface area contributed by atoms with Crippen LogP contribution in [0.15, 0.2) is 0 Å². The molecule has 2 heteroatoms. The van der Waals surface area contributed by atoms with Crippen LogP contribution in [0.5, 0.6) is 0 Å². The van der Waals surface area contributed by atoms with E-state index in [2.05, 4.69) is 20.8 Å². The lowest BCUT2D eigenvalue weighted by Gasteiger charge is -2.19. The molecule has 2 atom stereocenters. The van der Waals surface area contributed by atoms with Crippen molar-refractivity contribution in [2.24, 2.45) is 23.5 Å². The van der Waals surface area contributed by atoms with Crippen molar-refractivity contribution in [3.63, 3.8) is 0 Å². The predicted molar refractivity (Wildman–Crippen MR) is 61.1 cm³/mol. The molecule has 0 aromatic rings. The zero-order chi connectivity index (χ0) is 11.1. The van der Waals surface area contributed by atoms with Crippen LogP contribution in [0.3, 0.4) is 0 Å². The molecule has 0 spiro atoms. The van der Waals surface area contributed by atoms with Crippen LogP contribution in [0.4, 0.5) is 0 Å². The monoisotopic (exact) mass is 199 g/mol. The number of carbonyl (C=O) groups excluding carboxylic acids is 1. The van der Waals surface area contributed by atoms with Crippen molar-refractivity contribution in [3.8, 4) is 0 Å². The van der Waals surface area contributed by atoms with E-state index in [0.29, 0.717) is 18.2 Å². The zero-order valence-electron chi connectivity index (χ0n) is 10.0. The Kier molecular flexibility index (Phi) is 6.81. The van der Waals surface area contributed by atoms with Gasteiger partial charge in [-0.25, -0.2) is 0 Å². The Morgan fingerprint density at radius 1 is 1.29 bits per heavy atom. The molecule has 0 aliphatic carbocycles. The van der Waals surface area contributed by atoms with Gasteiger partial charge < -0.3 is 5.73 Å². The minimum atomic E-state index is 0.0801. The van der Waals surface area contributed by atoms with E-state index in [-0.39, 0.29) is 11.8 Å². The van der Waals surface area contributed by atoms with Crippen LogP contribution in [0.1, 0.15) is 47.0 Å². The highest BCUT2D eigenvalue weighted by Gasteiger charge is 2.22. The number of carbonyl (C=O) groups is 1. The molecule has 0 bridgehead atoms. The second kappa shape index (κ2) is 6.99. The maximum absolute atomic E-state index is 11.9. The second-order valence-electron chi connectivity index (χ2n) is 4.65. The molecule has 2 nitrogen and oxygen atoms in total. The van der Waals surface area contributed by atoms with Crippen LogP contribution in [-0.4, -0.2) is 12.3 Å². The average molecular weight is 199 g/mol. The molecule has 0 heterocycles. The number of Topliss-reactive ketones (excluding diaryl/α,β-unsaturated/α-hetero) is 1. The summed E-state index contributed by atoms with van der Waals surface area (Å²) < 4.78 is 0. The fourth-order valence-corrected chi connectivity index (χ4v) is 1.88. The Balaban J connectivity index is 4.15. The fraction of sp³-hybridized carbons (Fsp3) is 0.917. The Labute approximate surface area is 88.3 Å². The van der Waals surface area contributed by atoms with Crippen molar-refractivity contribution < 1.29 is 4.79 Å². The van der Waals surface area contributed by atoms with E-state index in [1.165, 1.54) is 0 Å². The first-order valence-corrected chi connectivity index (χ1v) is 5.76. The minimum Gasteiger partial charge on any atom is -0.330 e. The van der Waals surface area contributed by atoms with E-state index in [9.17, 15) is 4.79 Å². The van der Waals surface area contributed by atoms with Gasteiger partial charge in [0.25, 0.3) is 0 Å². The number of hydrogen-bond acceptors (Lipinski definition) is 2. The van der Waals surface area contributed by atoms with Crippen LogP contribution in [-0.2, 0) is 4.79 Å². The van der Waals surface area contributed by atoms with Crippen molar-refractivity contribution in [3.05, 3.63) is 0 Å². The Bertz CT molecular complexity index is 166. The van der Waals surface area contributed by atoms with Crippen LogP contribution in [0.2, 0.25) is 0 Å². The van der Waals surface area contributed by atoms with Crippen LogP contribution < -0.4 is 5.73 Å². The van der Waals surface area contributed by atoms with Gasteiger partial charge in [0.2, 0.25) is 0 Å². The number of rotatable bonds is 7. The quantitative estimate of drug-likeness (QED) is 0.685. The normalized spacial score (nSPS) is 15.6. The van der Waals surface area contributed by atoms with Crippen LogP contribution in [0, 0.1) is 17.8 Å². The van der Waals surface area contributed by atoms with Crippen molar-refractivity contribution in [2.45, 2.75) is 47.0 Å². The third kappa shape index (κ3) is 4.75. The van der Waals surface area contributed by atoms with E-state index in [0.717, 1.165) is 19.3 Å². The molecular formula is C12H25NO. The van der Waals surface area contributed by atoms with E-state index >= 15 is 0 Å². The molecule has 0 saturated carbocycles. The van der Waals surface area contributed by atoms with Gasteiger partial charge in [-0.3, -0.25) is 4.79 Å². The summed E-state index contributed by atoms with van der Waals surface area (Å²) in [4.78, 5) is 11.9. The molecule has 14 heavy (non-hydrogen) atoms. The first-order chi connectivity index (χ1) is 6.52. The summed E-state index contributed by atoms with van der Waals surface area (Å²) in [7, 11) is 0. The average Bonchev–Trinajstić information content (AvgIpc) is 2.13. The largest absolute Gasteiger partial charge is 0.330 e. The van der Waals surface area contributed by atoms with Gasteiger partial charge in [0, 0.05) is 18.4 Å². The molecule has 0 fully saturated rings. The molecule has 0 aliphatic rings. The predicted octanol–water partition coefficient (Wildman–Crippen LogP) is 2.61. The summed E-state index contributed by atoms with van der Waals surface area (Å²) >= 11 is 0. The molecule has 0 amide bonds.